The van der Waals surface area contributed by atoms with Gasteiger partial charge in [0.05, 0.1) is 45.3 Å². The van der Waals surface area contributed by atoms with Gasteiger partial charge in [0.25, 0.3) is 11.8 Å². The predicted molar refractivity (Wildman–Crippen MR) is 289 cm³/mol. The number of nitrogens with zero attached hydrogens (tertiary/aromatic N) is 10. The van der Waals surface area contributed by atoms with Crippen LogP contribution >= 0.6 is 57.6 Å². The third kappa shape index (κ3) is 15.0. The number of nitrogens with one attached hydrogen (secondary N) is 4. The van der Waals surface area contributed by atoms with Gasteiger partial charge in [-0.2, -0.15) is 0 Å². The highest BCUT2D eigenvalue weighted by Crippen LogP contribution is 2.31. The zero-order valence-corrected chi connectivity index (χ0v) is 44.5. The number of rotatable bonds is 20. The molecule has 2 fully saturated rings. The highest BCUT2D eigenvalue weighted by atomic mass is 35.5. The fourth-order valence-electron chi connectivity index (χ4n) is 7.86. The van der Waals surface area contributed by atoms with E-state index >= 15 is 0 Å². The molecule has 73 heavy (non-hydrogen) atoms. The molecule has 384 valence electrons. The van der Waals surface area contributed by atoms with E-state index in [9.17, 15) is 19.2 Å². The van der Waals surface area contributed by atoms with Crippen LogP contribution in [0.4, 0.5) is 44.9 Å². The molecule has 4 aromatic heterocycles. The molecular formula is C48H54Cl2N14O6S3. The van der Waals surface area contributed by atoms with Crippen molar-refractivity contribution in [3.8, 4) is 0 Å². The van der Waals surface area contributed by atoms with Gasteiger partial charge in [0, 0.05) is 77.6 Å². The molecule has 2 amide bonds. The molecule has 2 aliphatic heterocycles. The van der Waals surface area contributed by atoms with Crippen molar-refractivity contribution >= 4 is 126 Å². The monoisotopic (exact) mass is 1090 g/mol. The molecule has 25 heteroatoms. The number of anilines is 8. The summed E-state index contributed by atoms with van der Waals surface area (Å²) in [7, 11) is 0. The minimum atomic E-state index is -0.377. The smallest absolute Gasteiger partial charge is 0.315 e. The lowest BCUT2D eigenvalue weighted by molar-refractivity contribution is -0.141. The van der Waals surface area contributed by atoms with Gasteiger partial charge in [-0.1, -0.05) is 70.1 Å². The Morgan fingerprint density at radius 1 is 0.603 bits per heavy atom. The molecule has 20 nitrogen and oxygen atoms in total. The van der Waals surface area contributed by atoms with Gasteiger partial charge in [-0.05, 0) is 51.0 Å². The maximum Gasteiger partial charge on any atom is 0.315 e. The standard InChI is InChI=1S/C48H54Cl2N14O6S3/c1-29-7-5-9-33(49)43(29)59-45(67)35-25-51-47(72-35)57-37-23-39(55-31(3)53-37)63-15-11-61(12-16-63)19-21-69-41(65)27-71-28-42(66)70-22-20-62-13-17-64(18-14-62)40-24-38(54-32(4)56-40)58-48-52-26-36(73-48)46(68)60-44-30(2)8-6-10-34(44)50/h5-10,23-26H,11-22,27-28H2,1-4H3,(H,59,67)(H,60,68)(H,51,53,55,57)(H,52,54,56,58). The lowest BCUT2D eigenvalue weighted by Crippen LogP contribution is -2.47. The zero-order valence-electron chi connectivity index (χ0n) is 40.6. The summed E-state index contributed by atoms with van der Waals surface area (Å²) >= 11 is 16.2. The molecule has 0 bridgehead atoms. The van der Waals surface area contributed by atoms with Crippen molar-refractivity contribution < 1.29 is 28.7 Å². The first-order valence-electron chi connectivity index (χ1n) is 23.4. The third-order valence-electron chi connectivity index (χ3n) is 11.7. The van der Waals surface area contributed by atoms with Crippen molar-refractivity contribution in [2.45, 2.75) is 27.7 Å². The third-order valence-corrected chi connectivity index (χ3v) is 15.0. The van der Waals surface area contributed by atoms with Gasteiger partial charge >= 0.3 is 11.9 Å². The van der Waals surface area contributed by atoms with E-state index in [2.05, 4.69) is 70.8 Å². The number of hydrogen-bond donors (Lipinski definition) is 4. The number of para-hydroxylation sites is 2. The molecule has 2 aliphatic rings. The number of esters is 2. The fourth-order valence-corrected chi connectivity index (χ4v) is 10.4. The molecule has 8 rings (SSSR count). The van der Waals surface area contributed by atoms with Gasteiger partial charge < -0.3 is 40.5 Å². The normalized spacial score (nSPS) is 14.2. The summed E-state index contributed by atoms with van der Waals surface area (Å²) in [5.74, 6) is 2.62. The summed E-state index contributed by atoms with van der Waals surface area (Å²) in [6.45, 7) is 15.0. The molecule has 0 atom stereocenters. The number of hydrogen-bond acceptors (Lipinski definition) is 21. The maximum absolute atomic E-state index is 12.9. The summed E-state index contributed by atoms with van der Waals surface area (Å²) in [6.07, 6.45) is 3.03. The lowest BCUT2D eigenvalue weighted by Gasteiger charge is -2.35. The van der Waals surface area contributed by atoms with E-state index in [1.54, 1.807) is 12.1 Å². The number of thiazole rings is 2. The Labute approximate surface area is 444 Å². The van der Waals surface area contributed by atoms with Crippen LogP contribution in [0.15, 0.2) is 60.9 Å². The van der Waals surface area contributed by atoms with Gasteiger partial charge in [0.2, 0.25) is 0 Å². The van der Waals surface area contributed by atoms with Crippen LogP contribution in [0, 0.1) is 27.7 Å². The topological polar surface area (TPSA) is 225 Å². The minimum absolute atomic E-state index is 0.0536. The highest BCUT2D eigenvalue weighted by molar-refractivity contribution is 8.00. The average Bonchev–Trinajstić information content (AvgIpc) is 4.04. The Morgan fingerprint density at radius 3 is 1.41 bits per heavy atom. The van der Waals surface area contributed by atoms with Gasteiger partial charge in [-0.25, -0.2) is 29.9 Å². The number of aromatic nitrogens is 6. The highest BCUT2D eigenvalue weighted by Gasteiger charge is 2.23. The van der Waals surface area contributed by atoms with Crippen LogP contribution in [0.3, 0.4) is 0 Å². The van der Waals surface area contributed by atoms with E-state index in [0.717, 1.165) is 75.1 Å². The van der Waals surface area contributed by atoms with E-state index in [1.165, 1.54) is 46.8 Å². The predicted octanol–water partition coefficient (Wildman–Crippen LogP) is 7.48. The van der Waals surface area contributed by atoms with Crippen LogP contribution in [-0.2, 0) is 19.1 Å². The van der Waals surface area contributed by atoms with E-state index in [-0.39, 0.29) is 48.5 Å². The first-order chi connectivity index (χ1) is 35.2. The van der Waals surface area contributed by atoms with Crippen LogP contribution in [-0.4, -0.2) is 154 Å². The first kappa shape index (κ1) is 53.1. The number of piperazine rings is 2. The number of thioether (sulfide) groups is 1. The van der Waals surface area contributed by atoms with Crippen LogP contribution < -0.4 is 31.1 Å². The summed E-state index contributed by atoms with van der Waals surface area (Å²) in [6, 6.07) is 14.6. The lowest BCUT2D eigenvalue weighted by atomic mass is 10.2. The van der Waals surface area contributed by atoms with Gasteiger partial charge in [-0.15, -0.1) is 11.8 Å². The van der Waals surface area contributed by atoms with Crippen LogP contribution in [0.1, 0.15) is 42.1 Å². The SMILES string of the molecule is Cc1nc(Nc2ncc(C(=O)Nc3c(C)cccc3Cl)s2)cc(N2CCN(CCOC(=O)CSCC(=O)OCCN3CCN(c4cc(Nc5ncc(C(=O)Nc6c(C)cccc6Cl)s5)nc(C)n4)CC3)CC2)n1. The van der Waals surface area contributed by atoms with Crippen LogP contribution in [0.5, 0.6) is 0 Å². The maximum atomic E-state index is 12.9. The molecule has 0 aliphatic carbocycles. The quantitative estimate of drug-likeness (QED) is 0.0544. The molecular weight excluding hydrogens is 1040 g/mol. The van der Waals surface area contributed by atoms with Crippen molar-refractivity contribution in [3.63, 3.8) is 0 Å². The fraction of sp³-hybridized carbons (Fsp3) is 0.375. The Balaban J connectivity index is 0.673. The first-order valence-corrected chi connectivity index (χ1v) is 26.9. The summed E-state index contributed by atoms with van der Waals surface area (Å²) in [5.41, 5.74) is 2.86. The van der Waals surface area contributed by atoms with E-state index < -0.39 is 0 Å². The second kappa shape index (κ2) is 25.1. The summed E-state index contributed by atoms with van der Waals surface area (Å²) < 4.78 is 11.0. The molecule has 2 saturated heterocycles. The second-order valence-electron chi connectivity index (χ2n) is 17.0. The molecule has 0 radical (unpaired) electrons. The van der Waals surface area contributed by atoms with Gasteiger partial charge in [0.1, 0.15) is 57.9 Å². The van der Waals surface area contributed by atoms with Crippen LogP contribution in [0.25, 0.3) is 0 Å². The van der Waals surface area contributed by atoms with Crippen molar-refractivity contribution in [2.24, 2.45) is 0 Å². The van der Waals surface area contributed by atoms with E-state index in [1.807, 2.05) is 64.1 Å². The Kier molecular flexibility index (Phi) is 18.3. The Bertz CT molecular complexity index is 2700. The summed E-state index contributed by atoms with van der Waals surface area (Å²) in [5, 5.41) is 14.1. The molecule has 2 aromatic carbocycles. The van der Waals surface area contributed by atoms with Crippen molar-refractivity contribution in [2.75, 3.05) is 121 Å². The number of carbonyl (C=O) groups is 4. The number of aryl methyl sites for hydroxylation is 4. The number of carbonyl (C=O) groups excluding carboxylic acids is 4. The molecule has 6 aromatic rings. The molecule has 0 unspecified atom stereocenters. The van der Waals surface area contributed by atoms with E-state index in [4.69, 9.17) is 32.7 Å². The van der Waals surface area contributed by atoms with Crippen LogP contribution in [0.2, 0.25) is 10.0 Å². The van der Waals surface area contributed by atoms with Crippen molar-refractivity contribution in [1.82, 2.24) is 39.7 Å². The molecule has 6 heterocycles. The number of ether oxygens (including phenoxy) is 2. The molecule has 0 saturated carbocycles. The van der Waals surface area contributed by atoms with Crippen molar-refractivity contribution in [3.05, 3.63) is 103 Å². The van der Waals surface area contributed by atoms with E-state index in [0.29, 0.717) is 77.8 Å². The van der Waals surface area contributed by atoms with Gasteiger partial charge in [0.15, 0.2) is 10.3 Å². The van der Waals surface area contributed by atoms with Crippen molar-refractivity contribution in [1.29, 1.82) is 0 Å². The molecule has 4 N–H and O–H groups in total. The average molecular weight is 1090 g/mol. The Hall–Kier alpha value is -6.21. The second-order valence-corrected chi connectivity index (χ2v) is 20.9. The number of benzene rings is 2. The Morgan fingerprint density at radius 2 is 1.01 bits per heavy atom. The zero-order chi connectivity index (χ0) is 51.4. The number of amides is 2. The minimum Gasteiger partial charge on any atom is -0.464 e. The van der Waals surface area contributed by atoms with Gasteiger partial charge in [-0.3, -0.25) is 29.0 Å². The largest absolute Gasteiger partial charge is 0.464 e. The summed E-state index contributed by atoms with van der Waals surface area (Å²) in [4.78, 5) is 87.7. The molecule has 0 spiro atoms. The number of halogens is 2.